The van der Waals surface area contributed by atoms with Crippen LogP contribution in [0.1, 0.15) is 37.0 Å². The Hall–Kier alpha value is -2.04. The van der Waals surface area contributed by atoms with Crippen molar-refractivity contribution in [1.82, 2.24) is 4.90 Å². The molecular weight excluding hydrogens is 256 g/mol. The summed E-state index contributed by atoms with van der Waals surface area (Å²) in [6.07, 6.45) is 2.10. The predicted molar refractivity (Wildman–Crippen MR) is 77.0 cm³/mol. The maximum Gasteiger partial charge on any atom is 0.337 e. The summed E-state index contributed by atoms with van der Waals surface area (Å²) in [7, 11) is 0. The fourth-order valence-corrected chi connectivity index (χ4v) is 2.54. The van der Waals surface area contributed by atoms with Gasteiger partial charge in [0, 0.05) is 12.6 Å². The molecule has 2 rings (SSSR count). The van der Waals surface area contributed by atoms with Crippen molar-refractivity contribution in [2.24, 2.45) is 5.92 Å². The summed E-state index contributed by atoms with van der Waals surface area (Å²) in [4.78, 5) is 25.2. The van der Waals surface area contributed by atoms with Gasteiger partial charge in [0.25, 0.3) is 0 Å². The molecule has 2 unspecified atom stereocenters. The summed E-state index contributed by atoms with van der Waals surface area (Å²) in [5.41, 5.74) is 0.453. The second-order valence-corrected chi connectivity index (χ2v) is 5.46. The molecule has 2 amide bonds. The van der Waals surface area contributed by atoms with E-state index < -0.39 is 5.97 Å². The molecule has 1 saturated heterocycles. The third-order valence-electron chi connectivity index (χ3n) is 3.78. The monoisotopic (exact) mass is 276 g/mol. The number of para-hydroxylation sites is 1. The first-order chi connectivity index (χ1) is 9.49. The second kappa shape index (κ2) is 5.94. The summed E-state index contributed by atoms with van der Waals surface area (Å²) in [5.74, 6) is -0.562. The standard InChI is InChI=1S/C15H20N2O3/c1-10-7-8-11(2)17(9-10)15(20)16-13-6-4-3-5-12(13)14(18)19/h3-6,10-11H,7-9H2,1-2H3,(H,16,20)(H,18,19). The van der Waals surface area contributed by atoms with Crippen LogP contribution in [0.15, 0.2) is 24.3 Å². The van der Waals surface area contributed by atoms with Gasteiger partial charge in [-0.2, -0.15) is 0 Å². The number of aromatic carboxylic acids is 1. The number of carbonyl (C=O) groups is 2. The lowest BCUT2D eigenvalue weighted by Crippen LogP contribution is -2.47. The molecule has 1 aromatic carbocycles. The van der Waals surface area contributed by atoms with Gasteiger partial charge in [0.05, 0.1) is 11.3 Å². The molecule has 20 heavy (non-hydrogen) atoms. The zero-order chi connectivity index (χ0) is 14.7. The molecule has 0 aromatic heterocycles. The van der Waals surface area contributed by atoms with E-state index in [-0.39, 0.29) is 17.6 Å². The Kier molecular flexibility index (Phi) is 4.27. The van der Waals surface area contributed by atoms with Crippen molar-refractivity contribution in [2.75, 3.05) is 11.9 Å². The summed E-state index contributed by atoms with van der Waals surface area (Å²) in [5, 5.41) is 11.8. The van der Waals surface area contributed by atoms with Crippen molar-refractivity contribution in [3.8, 4) is 0 Å². The highest BCUT2D eigenvalue weighted by atomic mass is 16.4. The van der Waals surface area contributed by atoms with Gasteiger partial charge in [-0.05, 0) is 37.8 Å². The van der Waals surface area contributed by atoms with Crippen LogP contribution < -0.4 is 5.32 Å². The van der Waals surface area contributed by atoms with E-state index in [9.17, 15) is 9.59 Å². The first-order valence-electron chi connectivity index (χ1n) is 6.89. The quantitative estimate of drug-likeness (QED) is 0.872. The molecular formula is C15H20N2O3. The molecule has 1 aromatic rings. The number of carbonyl (C=O) groups excluding carboxylic acids is 1. The number of hydrogen-bond donors (Lipinski definition) is 2. The Bertz CT molecular complexity index is 516. The number of carboxylic acid groups (broad SMARTS) is 1. The Morgan fingerprint density at radius 2 is 1.95 bits per heavy atom. The Balaban J connectivity index is 2.13. The summed E-state index contributed by atoms with van der Waals surface area (Å²) in [6.45, 7) is 4.86. The molecule has 2 atom stereocenters. The average Bonchev–Trinajstić information content (AvgIpc) is 2.41. The minimum atomic E-state index is -1.04. The molecule has 5 heteroatoms. The highest BCUT2D eigenvalue weighted by molar-refractivity contribution is 6.00. The molecule has 1 heterocycles. The van der Waals surface area contributed by atoms with Crippen molar-refractivity contribution >= 4 is 17.7 Å². The largest absolute Gasteiger partial charge is 0.478 e. The van der Waals surface area contributed by atoms with Crippen LogP contribution in [0.2, 0.25) is 0 Å². The number of carboxylic acids is 1. The molecule has 0 spiro atoms. The van der Waals surface area contributed by atoms with E-state index in [0.29, 0.717) is 18.2 Å². The van der Waals surface area contributed by atoms with Crippen LogP contribution in [0, 0.1) is 5.92 Å². The Morgan fingerprint density at radius 3 is 2.65 bits per heavy atom. The second-order valence-electron chi connectivity index (χ2n) is 5.46. The lowest BCUT2D eigenvalue weighted by molar-refractivity contribution is 0.0698. The zero-order valence-corrected chi connectivity index (χ0v) is 11.8. The number of urea groups is 1. The van der Waals surface area contributed by atoms with Gasteiger partial charge in [-0.25, -0.2) is 9.59 Å². The maximum atomic E-state index is 12.3. The summed E-state index contributed by atoms with van der Waals surface area (Å²) in [6, 6.07) is 6.41. The molecule has 0 bridgehead atoms. The van der Waals surface area contributed by atoms with Gasteiger partial charge in [0.2, 0.25) is 0 Å². The van der Waals surface area contributed by atoms with E-state index >= 15 is 0 Å². The maximum absolute atomic E-state index is 12.3. The van der Waals surface area contributed by atoms with Gasteiger partial charge in [-0.1, -0.05) is 19.1 Å². The molecule has 2 N–H and O–H groups in total. The number of nitrogens with one attached hydrogen (secondary N) is 1. The number of piperidine rings is 1. The fraction of sp³-hybridized carbons (Fsp3) is 0.467. The number of benzene rings is 1. The highest BCUT2D eigenvalue weighted by Crippen LogP contribution is 2.23. The van der Waals surface area contributed by atoms with Crippen LogP contribution in [0.4, 0.5) is 10.5 Å². The highest BCUT2D eigenvalue weighted by Gasteiger charge is 2.27. The average molecular weight is 276 g/mol. The third-order valence-corrected chi connectivity index (χ3v) is 3.78. The lowest BCUT2D eigenvalue weighted by atomic mass is 9.95. The van der Waals surface area contributed by atoms with E-state index in [4.69, 9.17) is 5.11 Å². The topological polar surface area (TPSA) is 69.6 Å². The minimum Gasteiger partial charge on any atom is -0.478 e. The smallest absolute Gasteiger partial charge is 0.337 e. The van der Waals surface area contributed by atoms with Gasteiger partial charge in [-0.3, -0.25) is 0 Å². The lowest BCUT2D eigenvalue weighted by Gasteiger charge is -2.36. The van der Waals surface area contributed by atoms with Crippen molar-refractivity contribution in [3.05, 3.63) is 29.8 Å². The number of amides is 2. The van der Waals surface area contributed by atoms with E-state index in [1.54, 1.807) is 23.1 Å². The van der Waals surface area contributed by atoms with Crippen LogP contribution in [-0.4, -0.2) is 34.6 Å². The van der Waals surface area contributed by atoms with Crippen LogP contribution in [0.5, 0.6) is 0 Å². The summed E-state index contributed by atoms with van der Waals surface area (Å²) >= 11 is 0. The third kappa shape index (κ3) is 3.10. The van der Waals surface area contributed by atoms with Crippen LogP contribution in [0.25, 0.3) is 0 Å². The molecule has 0 radical (unpaired) electrons. The SMILES string of the molecule is CC1CCC(C)N(C(=O)Nc2ccccc2C(=O)O)C1. The molecule has 108 valence electrons. The number of hydrogen-bond acceptors (Lipinski definition) is 2. The molecule has 1 fully saturated rings. The molecule has 5 nitrogen and oxygen atoms in total. The van der Waals surface area contributed by atoms with Crippen molar-refractivity contribution < 1.29 is 14.7 Å². The van der Waals surface area contributed by atoms with E-state index in [0.717, 1.165) is 12.8 Å². The van der Waals surface area contributed by atoms with Gasteiger partial charge in [0.1, 0.15) is 0 Å². The zero-order valence-electron chi connectivity index (χ0n) is 11.8. The van der Waals surface area contributed by atoms with Gasteiger partial charge in [0.15, 0.2) is 0 Å². The first kappa shape index (κ1) is 14.4. The first-order valence-corrected chi connectivity index (χ1v) is 6.89. The fourth-order valence-electron chi connectivity index (χ4n) is 2.54. The summed E-state index contributed by atoms with van der Waals surface area (Å²) < 4.78 is 0. The van der Waals surface area contributed by atoms with Crippen molar-refractivity contribution in [1.29, 1.82) is 0 Å². The van der Waals surface area contributed by atoms with Crippen LogP contribution in [0.3, 0.4) is 0 Å². The number of likely N-dealkylation sites (tertiary alicyclic amines) is 1. The molecule has 1 aliphatic heterocycles. The number of rotatable bonds is 2. The number of anilines is 1. The molecule has 0 aliphatic carbocycles. The van der Waals surface area contributed by atoms with E-state index in [1.807, 2.05) is 6.92 Å². The van der Waals surface area contributed by atoms with Gasteiger partial charge >= 0.3 is 12.0 Å². The van der Waals surface area contributed by atoms with E-state index in [1.165, 1.54) is 6.07 Å². The van der Waals surface area contributed by atoms with Crippen LogP contribution >= 0.6 is 0 Å². The van der Waals surface area contributed by atoms with Crippen LogP contribution in [-0.2, 0) is 0 Å². The normalized spacial score (nSPS) is 22.4. The Morgan fingerprint density at radius 1 is 1.25 bits per heavy atom. The van der Waals surface area contributed by atoms with Crippen molar-refractivity contribution in [3.63, 3.8) is 0 Å². The minimum absolute atomic E-state index is 0.110. The number of nitrogens with zero attached hydrogens (tertiary/aromatic N) is 1. The van der Waals surface area contributed by atoms with Gasteiger partial charge < -0.3 is 15.3 Å². The molecule has 1 aliphatic rings. The van der Waals surface area contributed by atoms with Gasteiger partial charge in [-0.15, -0.1) is 0 Å². The Labute approximate surface area is 118 Å². The predicted octanol–water partition coefficient (Wildman–Crippen LogP) is 3.04. The van der Waals surface area contributed by atoms with Crippen molar-refractivity contribution in [2.45, 2.75) is 32.7 Å². The molecule has 0 saturated carbocycles. The van der Waals surface area contributed by atoms with E-state index in [2.05, 4.69) is 12.2 Å².